The highest BCUT2D eigenvalue weighted by molar-refractivity contribution is 5.83. The molecule has 1 saturated heterocycles. The molecule has 2 aliphatic heterocycles. The summed E-state index contributed by atoms with van der Waals surface area (Å²) in [7, 11) is 3.52. The van der Waals surface area contributed by atoms with Crippen molar-refractivity contribution in [3.05, 3.63) is 0 Å². The second-order valence-corrected chi connectivity index (χ2v) is 11.5. The van der Waals surface area contributed by atoms with Crippen LogP contribution in [0.3, 0.4) is 0 Å². The number of nitrogens with one attached hydrogen (secondary N) is 3. The van der Waals surface area contributed by atoms with Crippen LogP contribution in [0.15, 0.2) is 4.99 Å². The molecule has 0 spiro atoms. The topological polar surface area (TPSA) is 84.0 Å². The third kappa shape index (κ3) is 7.39. The number of carbonyl (C=O) groups is 1. The maximum absolute atomic E-state index is 13.9. The molecule has 2 aliphatic carbocycles. The molecule has 4 rings (SSSR count). The largest absolute Gasteiger partial charge is 0.381 e. The van der Waals surface area contributed by atoms with E-state index in [9.17, 15) is 9.18 Å². The Hall–Kier alpha value is -1.25. The summed E-state index contributed by atoms with van der Waals surface area (Å²) in [5.74, 6) is 3.01. The maximum atomic E-state index is 13.9. The lowest BCUT2D eigenvalue weighted by atomic mass is 9.66. The number of ether oxygens (including phenoxy) is 2. The number of hydrogen-bond acceptors (Lipinski definition) is 6. The van der Waals surface area contributed by atoms with Crippen LogP contribution in [0.1, 0.15) is 71.1 Å². The Balaban J connectivity index is 1.36. The first-order chi connectivity index (χ1) is 16.9. The number of hydrogen-bond donors (Lipinski definition) is 3. The number of halogens is 1. The van der Waals surface area contributed by atoms with Gasteiger partial charge in [-0.25, -0.2) is 4.39 Å². The molecule has 0 radical (unpaired) electrons. The summed E-state index contributed by atoms with van der Waals surface area (Å²) in [4.78, 5) is 18.0. The maximum Gasteiger partial charge on any atom is 0.223 e. The molecule has 0 aromatic carbocycles. The molecule has 2 saturated carbocycles. The van der Waals surface area contributed by atoms with Gasteiger partial charge in [-0.3, -0.25) is 15.1 Å². The molecule has 3 fully saturated rings. The van der Waals surface area contributed by atoms with Crippen molar-refractivity contribution in [1.82, 2.24) is 16.0 Å². The highest BCUT2D eigenvalue weighted by Crippen LogP contribution is 2.42. The predicted octanol–water partition coefficient (Wildman–Crippen LogP) is 3.43. The van der Waals surface area contributed by atoms with Crippen LogP contribution in [0.25, 0.3) is 0 Å². The normalized spacial score (nSPS) is 40.2. The van der Waals surface area contributed by atoms with Crippen molar-refractivity contribution in [2.75, 3.05) is 33.9 Å². The Kier molecular flexibility index (Phi) is 9.82. The fourth-order valence-electron chi connectivity index (χ4n) is 7.15. The molecule has 8 atom stereocenters. The minimum Gasteiger partial charge on any atom is -0.381 e. The molecule has 35 heavy (non-hydrogen) atoms. The van der Waals surface area contributed by atoms with Crippen LogP contribution < -0.4 is 16.0 Å². The van der Waals surface area contributed by atoms with Crippen molar-refractivity contribution in [1.29, 1.82) is 0 Å². The summed E-state index contributed by atoms with van der Waals surface area (Å²) in [6.07, 6.45) is 8.92. The average molecular weight is 495 g/mol. The molecule has 4 aliphatic rings. The summed E-state index contributed by atoms with van der Waals surface area (Å²) in [6.45, 7) is 4.60. The van der Waals surface area contributed by atoms with Crippen LogP contribution in [0.2, 0.25) is 0 Å². The van der Waals surface area contributed by atoms with Gasteiger partial charge in [-0.2, -0.15) is 0 Å². The van der Waals surface area contributed by atoms with Crippen molar-refractivity contribution in [3.8, 4) is 0 Å². The molecule has 8 heteroatoms. The van der Waals surface area contributed by atoms with Gasteiger partial charge in [-0.1, -0.05) is 0 Å². The van der Waals surface area contributed by atoms with Crippen LogP contribution in [0.4, 0.5) is 4.39 Å². The molecule has 0 bridgehead atoms. The zero-order valence-corrected chi connectivity index (χ0v) is 21.9. The van der Waals surface area contributed by atoms with Crippen LogP contribution >= 0.6 is 0 Å². The zero-order valence-electron chi connectivity index (χ0n) is 21.9. The first-order valence-corrected chi connectivity index (χ1v) is 14.0. The van der Waals surface area contributed by atoms with Gasteiger partial charge in [0.05, 0.1) is 18.0 Å². The van der Waals surface area contributed by atoms with E-state index in [4.69, 9.17) is 9.47 Å². The molecule has 0 aromatic rings. The monoisotopic (exact) mass is 494 g/mol. The Morgan fingerprint density at radius 3 is 2.43 bits per heavy atom. The molecule has 3 N–H and O–H groups in total. The Labute approximate surface area is 210 Å². The fourth-order valence-corrected chi connectivity index (χ4v) is 7.15. The van der Waals surface area contributed by atoms with E-state index in [1.165, 1.54) is 0 Å². The van der Waals surface area contributed by atoms with E-state index in [-0.39, 0.29) is 30.1 Å². The van der Waals surface area contributed by atoms with E-state index in [1.54, 1.807) is 14.2 Å². The number of rotatable bonds is 8. The minimum atomic E-state index is -0.899. The molecule has 1 amide bonds. The van der Waals surface area contributed by atoms with Gasteiger partial charge in [0.1, 0.15) is 0 Å². The van der Waals surface area contributed by atoms with E-state index in [0.717, 1.165) is 76.7 Å². The van der Waals surface area contributed by atoms with Gasteiger partial charge in [-0.15, -0.1) is 0 Å². The lowest BCUT2D eigenvalue weighted by molar-refractivity contribution is -0.128. The van der Waals surface area contributed by atoms with Gasteiger partial charge in [0.15, 0.2) is 6.30 Å². The van der Waals surface area contributed by atoms with Crippen LogP contribution in [0, 0.1) is 29.6 Å². The standard InChI is InChI=1S/C27H47FN4O3/c1-17-24(6-7-25(28)32-17)20-9-18(15-30-26-5-4-8-29-26)10-21(13-20)27(33)31-16-19-11-22(34-2)14-23(12-19)35-3/h17-25,32H,4-16H2,1-3H3,(H,29,30)(H,31,33). The lowest BCUT2D eigenvalue weighted by Crippen LogP contribution is -2.49. The van der Waals surface area contributed by atoms with Crippen molar-refractivity contribution in [2.24, 2.45) is 34.6 Å². The molecule has 2 heterocycles. The van der Waals surface area contributed by atoms with Crippen LogP contribution in [-0.2, 0) is 14.3 Å². The molecule has 200 valence electrons. The van der Waals surface area contributed by atoms with E-state index in [0.29, 0.717) is 36.6 Å². The Morgan fingerprint density at radius 2 is 1.77 bits per heavy atom. The summed E-state index contributed by atoms with van der Waals surface area (Å²) >= 11 is 0. The number of amidine groups is 1. The zero-order chi connectivity index (χ0) is 24.8. The van der Waals surface area contributed by atoms with Gasteiger partial charge < -0.3 is 20.1 Å². The number of piperidine rings is 1. The third-order valence-corrected chi connectivity index (χ3v) is 9.08. The second kappa shape index (κ2) is 12.8. The third-order valence-electron chi connectivity index (χ3n) is 9.08. The fraction of sp³-hybridized carbons (Fsp3) is 0.926. The Bertz CT molecular complexity index is 711. The van der Waals surface area contributed by atoms with Gasteiger partial charge in [-0.05, 0) is 88.4 Å². The van der Waals surface area contributed by atoms with Crippen molar-refractivity contribution >= 4 is 11.7 Å². The summed E-state index contributed by atoms with van der Waals surface area (Å²) in [5.41, 5.74) is 0. The number of nitrogens with zero attached hydrogens (tertiary/aromatic N) is 1. The summed E-state index contributed by atoms with van der Waals surface area (Å²) < 4.78 is 25.2. The molecule has 8 unspecified atom stereocenters. The van der Waals surface area contributed by atoms with Crippen molar-refractivity contribution in [2.45, 2.75) is 95.7 Å². The predicted molar refractivity (Wildman–Crippen MR) is 136 cm³/mol. The molecular formula is C27H47FN4O3. The SMILES string of the molecule is COC1CC(CNC(=O)C2CC(CNC3=NCCC3)CC(C3CCC(F)NC3C)C2)CC(OC)C1. The van der Waals surface area contributed by atoms with Crippen LogP contribution in [0.5, 0.6) is 0 Å². The number of aliphatic imine (C=N–C) groups is 1. The summed E-state index contributed by atoms with van der Waals surface area (Å²) in [5, 5.41) is 10.00. The number of methoxy groups -OCH3 is 2. The first kappa shape index (κ1) is 26.8. The highest BCUT2D eigenvalue weighted by Gasteiger charge is 2.40. The average Bonchev–Trinajstić information content (AvgIpc) is 3.39. The van der Waals surface area contributed by atoms with E-state index >= 15 is 0 Å². The van der Waals surface area contributed by atoms with Gasteiger partial charge >= 0.3 is 0 Å². The second-order valence-electron chi connectivity index (χ2n) is 11.5. The van der Waals surface area contributed by atoms with Crippen LogP contribution in [-0.4, -0.2) is 70.1 Å². The minimum absolute atomic E-state index is 0.0152. The van der Waals surface area contributed by atoms with E-state index in [2.05, 4.69) is 27.9 Å². The van der Waals surface area contributed by atoms with Gasteiger partial charge in [0.2, 0.25) is 5.91 Å². The Morgan fingerprint density at radius 1 is 1.03 bits per heavy atom. The first-order valence-electron chi connectivity index (χ1n) is 14.0. The molecule has 0 aromatic heterocycles. The highest BCUT2D eigenvalue weighted by atomic mass is 19.1. The van der Waals surface area contributed by atoms with Gasteiger partial charge in [0, 0.05) is 52.2 Å². The number of amides is 1. The smallest absolute Gasteiger partial charge is 0.223 e. The van der Waals surface area contributed by atoms with E-state index < -0.39 is 6.30 Å². The molecule has 7 nitrogen and oxygen atoms in total. The molecular weight excluding hydrogens is 447 g/mol. The summed E-state index contributed by atoms with van der Waals surface area (Å²) in [6, 6.07) is 0.151. The number of carbonyl (C=O) groups excluding carboxylic acids is 1. The van der Waals surface area contributed by atoms with E-state index in [1.807, 2.05) is 0 Å². The van der Waals surface area contributed by atoms with Crippen molar-refractivity contribution in [3.63, 3.8) is 0 Å². The van der Waals surface area contributed by atoms with Gasteiger partial charge in [0.25, 0.3) is 0 Å². The number of alkyl halides is 1. The lowest BCUT2D eigenvalue weighted by Gasteiger charge is -2.43. The van der Waals surface area contributed by atoms with Crippen molar-refractivity contribution < 1.29 is 18.7 Å². The quantitative estimate of drug-likeness (QED) is 0.450.